The lowest BCUT2D eigenvalue weighted by molar-refractivity contribution is 0.475. The summed E-state index contributed by atoms with van der Waals surface area (Å²) < 4.78 is 6.44. The van der Waals surface area contributed by atoms with Crippen molar-refractivity contribution in [3.05, 3.63) is 30.3 Å². The Morgan fingerprint density at radius 2 is 2.00 bits per heavy atom. The summed E-state index contributed by atoms with van der Waals surface area (Å²) in [5, 5.41) is 4.16. The summed E-state index contributed by atoms with van der Waals surface area (Å²) in [4.78, 5) is 0. The van der Waals surface area contributed by atoms with E-state index in [0.29, 0.717) is 5.75 Å². The smallest absolute Gasteiger partial charge is 0.293 e. The highest BCUT2D eigenvalue weighted by atomic mass is 16.3. The molecule has 0 spiro atoms. The Morgan fingerprint density at radius 1 is 1.29 bits per heavy atom. The van der Waals surface area contributed by atoms with Crippen LogP contribution >= 0.6 is 0 Å². The minimum Gasteiger partial charge on any atom is -0.508 e. The molecule has 36 valence electrons. The third-order valence-electron chi connectivity index (χ3n) is 0.743. The average molecular weight is 96.1 g/mol. The minimum absolute atomic E-state index is 0.576. The van der Waals surface area contributed by atoms with E-state index in [4.69, 9.17) is 1.43 Å². The largest absolute Gasteiger partial charge is 0.508 e. The zero-order valence-electron chi connectivity index (χ0n) is 4.79. The maximum Gasteiger partial charge on any atom is 0.293 e. The molecule has 0 amide bonds. The Hall–Kier alpha value is -0.980. The average Bonchev–Trinajstić information content (AvgIpc) is 1.90. The van der Waals surface area contributed by atoms with E-state index in [1.54, 1.807) is 12.1 Å². The van der Waals surface area contributed by atoms with Crippen molar-refractivity contribution in [1.82, 2.24) is 0 Å². The summed E-state index contributed by atoms with van der Waals surface area (Å²) in [6.07, 6.45) is 0. The molecule has 1 aromatic rings. The number of rotatable bonds is 1. The SMILES string of the molecule is [3H]Oc1ccccc1. The second-order valence-corrected chi connectivity index (χ2v) is 1.31. The molecule has 1 aromatic carbocycles. The summed E-state index contributed by atoms with van der Waals surface area (Å²) in [6.45, 7) is 0. The van der Waals surface area contributed by atoms with E-state index in [0.717, 1.165) is 0 Å². The number of hydrogen-bond acceptors (Lipinski definition) is 1. The molecule has 0 radical (unpaired) electrons. The van der Waals surface area contributed by atoms with Crippen molar-refractivity contribution < 1.29 is 5.11 Å². The van der Waals surface area contributed by atoms with Crippen LogP contribution in [0.2, 0.25) is 0 Å². The number of phenolic OH excluding ortho intramolecular Hbond substituents is 1. The molecule has 1 rings (SSSR count). The van der Waals surface area contributed by atoms with Gasteiger partial charge in [0.25, 0.3) is 1.43 Å². The summed E-state index contributed by atoms with van der Waals surface area (Å²) >= 11 is 0. The fraction of sp³-hybridized carbons (Fsp3) is 0. The maximum absolute atomic E-state index is 6.44. The second kappa shape index (κ2) is 1.65. The van der Waals surface area contributed by atoms with E-state index in [9.17, 15) is 0 Å². The predicted octanol–water partition coefficient (Wildman–Crippen LogP) is 1.39. The van der Waals surface area contributed by atoms with Crippen LogP contribution in [0.15, 0.2) is 30.3 Å². The molecule has 0 fully saturated rings. The Bertz CT molecular complexity index is 150. The first-order chi connectivity index (χ1) is 3.93. The molecule has 0 bridgehead atoms. The zero-order valence-corrected chi connectivity index (χ0v) is 3.79. The monoisotopic (exact) mass is 96.1 g/mol. The van der Waals surface area contributed by atoms with Crippen LogP contribution in [0.3, 0.4) is 0 Å². The Kier molecular flexibility index (Phi) is 0.724. The lowest BCUT2D eigenvalue weighted by Crippen LogP contribution is -1.56. The minimum atomic E-state index is 0.576. The van der Waals surface area contributed by atoms with Gasteiger partial charge in [-0.15, -0.1) is 0 Å². The van der Waals surface area contributed by atoms with Gasteiger partial charge in [-0.25, -0.2) is 0 Å². The van der Waals surface area contributed by atoms with Gasteiger partial charge in [-0.1, -0.05) is 18.2 Å². The van der Waals surface area contributed by atoms with E-state index >= 15 is 0 Å². The lowest BCUT2D eigenvalue weighted by atomic mass is 10.3. The van der Waals surface area contributed by atoms with E-state index in [1.807, 2.05) is 18.2 Å². The Morgan fingerprint density at radius 3 is 2.43 bits per heavy atom. The van der Waals surface area contributed by atoms with Gasteiger partial charge in [0, 0.05) is 0 Å². The first-order valence-electron chi connectivity index (χ1n) is 2.52. The molecule has 1 N–H and O–H groups in total. The van der Waals surface area contributed by atoms with Crippen molar-refractivity contribution in [3.8, 4) is 5.75 Å². The fourth-order valence-corrected chi connectivity index (χ4v) is 0.420. The summed E-state index contributed by atoms with van der Waals surface area (Å²) in [5.41, 5.74) is 0. The highest BCUT2D eigenvalue weighted by Gasteiger charge is 1.74. The maximum atomic E-state index is 6.44. The van der Waals surface area contributed by atoms with Crippen molar-refractivity contribution in [1.29, 1.82) is 1.43 Å². The van der Waals surface area contributed by atoms with E-state index < -0.39 is 0 Å². The molecule has 7 heavy (non-hydrogen) atoms. The van der Waals surface area contributed by atoms with Crippen molar-refractivity contribution in [3.63, 3.8) is 0 Å². The van der Waals surface area contributed by atoms with Crippen molar-refractivity contribution >= 4 is 0 Å². The van der Waals surface area contributed by atoms with Crippen LogP contribution in [0.1, 0.15) is 0 Å². The van der Waals surface area contributed by atoms with Crippen LogP contribution in [0.5, 0.6) is 5.75 Å². The normalized spacial score (nSPS) is 10.0. The van der Waals surface area contributed by atoms with Gasteiger partial charge in [0.1, 0.15) is 5.75 Å². The molecule has 0 atom stereocenters. The highest BCUT2D eigenvalue weighted by Crippen LogP contribution is 2.02. The lowest BCUT2D eigenvalue weighted by Gasteiger charge is -1.82. The standard InChI is InChI=1S/C6H6O/c7-6-4-2-1-3-5-6/h1-5,7H/i/hT. The van der Waals surface area contributed by atoms with Crippen molar-refractivity contribution in [2.45, 2.75) is 0 Å². The van der Waals surface area contributed by atoms with Gasteiger partial charge < -0.3 is 5.11 Å². The number of aromatic hydroxyl groups is 1. The van der Waals surface area contributed by atoms with Crippen LogP contribution in [-0.4, -0.2) is 6.54 Å². The molecular formula is C6H6O. The first kappa shape index (κ1) is 3.08. The summed E-state index contributed by atoms with van der Waals surface area (Å²) in [5.74, 6) is 0.576. The number of para-hydroxylation sites is 1. The Labute approximate surface area is 43.7 Å². The molecule has 1 nitrogen and oxygen atoms in total. The Balaban J connectivity index is 2.83. The molecular weight excluding hydrogens is 88.1 g/mol. The topological polar surface area (TPSA) is 20.2 Å². The van der Waals surface area contributed by atoms with Gasteiger partial charge in [0.2, 0.25) is 0 Å². The van der Waals surface area contributed by atoms with Crippen LogP contribution < -0.4 is 0 Å². The first-order valence-corrected chi connectivity index (χ1v) is 2.11. The molecule has 0 aromatic heterocycles. The van der Waals surface area contributed by atoms with Gasteiger partial charge in [0.15, 0.2) is 0 Å². The van der Waals surface area contributed by atoms with Gasteiger partial charge in [0.05, 0.1) is 0 Å². The molecule has 0 aliphatic heterocycles. The molecule has 1 heteroatoms. The molecule has 0 heterocycles. The number of benzene rings is 1. The summed E-state index contributed by atoms with van der Waals surface area (Å²) in [6, 6.07) is 8.98. The third kappa shape index (κ3) is 0.929. The highest BCUT2D eigenvalue weighted by molar-refractivity contribution is 5.18. The fourth-order valence-electron chi connectivity index (χ4n) is 0.420. The second-order valence-electron chi connectivity index (χ2n) is 1.31. The molecule has 0 saturated heterocycles. The van der Waals surface area contributed by atoms with Gasteiger partial charge >= 0.3 is 0 Å². The molecule has 0 unspecified atom stereocenters. The van der Waals surface area contributed by atoms with Gasteiger partial charge in [-0.3, -0.25) is 0 Å². The van der Waals surface area contributed by atoms with E-state index in [2.05, 4.69) is 5.11 Å². The number of phenols is 1. The molecule has 0 aliphatic carbocycles. The van der Waals surface area contributed by atoms with Gasteiger partial charge in [-0.2, -0.15) is 0 Å². The van der Waals surface area contributed by atoms with Crippen LogP contribution in [0.25, 0.3) is 0 Å². The van der Waals surface area contributed by atoms with Crippen molar-refractivity contribution in [2.24, 2.45) is 0 Å². The van der Waals surface area contributed by atoms with E-state index in [-0.39, 0.29) is 0 Å². The van der Waals surface area contributed by atoms with Crippen LogP contribution in [-0.2, 0) is 0 Å². The molecule has 0 saturated carbocycles. The van der Waals surface area contributed by atoms with Crippen molar-refractivity contribution in [2.75, 3.05) is 0 Å². The third-order valence-corrected chi connectivity index (χ3v) is 0.743. The molecule has 0 aliphatic rings. The quantitative estimate of drug-likeness (QED) is 0.560. The predicted molar refractivity (Wildman–Crippen MR) is 28.1 cm³/mol. The van der Waals surface area contributed by atoms with Crippen LogP contribution in [0.4, 0.5) is 0 Å². The van der Waals surface area contributed by atoms with E-state index in [1.165, 1.54) is 0 Å². The van der Waals surface area contributed by atoms with Crippen LogP contribution in [0, 0.1) is 0 Å². The zero-order chi connectivity index (χ0) is 5.82. The summed E-state index contributed by atoms with van der Waals surface area (Å²) in [7, 11) is 0. The van der Waals surface area contributed by atoms with Gasteiger partial charge in [-0.05, 0) is 12.1 Å². The number of hydrogen-bond donors (Lipinski definition) is 1.